The highest BCUT2D eigenvalue weighted by molar-refractivity contribution is 6.09. The number of benzene rings is 1. The van der Waals surface area contributed by atoms with Crippen LogP contribution in [0.5, 0.6) is 0 Å². The van der Waals surface area contributed by atoms with Crippen molar-refractivity contribution in [2.45, 2.75) is 58.5 Å². The van der Waals surface area contributed by atoms with Gasteiger partial charge in [0.1, 0.15) is 12.5 Å². The highest BCUT2D eigenvalue weighted by Crippen LogP contribution is 2.48. The molecule has 7 heteroatoms. The lowest BCUT2D eigenvalue weighted by molar-refractivity contribution is -0.149. The first-order valence-corrected chi connectivity index (χ1v) is 10.7. The van der Waals surface area contributed by atoms with Crippen LogP contribution in [-0.2, 0) is 19.1 Å². The van der Waals surface area contributed by atoms with E-state index in [1.54, 1.807) is 6.92 Å². The number of halogens is 2. The minimum absolute atomic E-state index is 0.117. The standard InChI is InChI=1S/C24H27F2NO4/c1-13-20(23(29)31-12-15-5-4-8-30-15)21(14-6-7-16(25)17(26)9-14)22-18(27-13)10-24(2,3)11-19(22)28/h6-7,9,15,20-21H,4-5,8,10-12H2,1-3H3/t15-,20?,21-/m0/s1. The predicted molar refractivity (Wildman–Crippen MR) is 111 cm³/mol. The minimum atomic E-state index is -1.02. The molecule has 1 unspecified atom stereocenters. The molecule has 4 rings (SSSR count). The van der Waals surface area contributed by atoms with Gasteiger partial charge in [-0.3, -0.25) is 14.6 Å². The number of allylic oxidation sites excluding steroid dienone is 2. The normalized spacial score (nSPS) is 27.7. The van der Waals surface area contributed by atoms with E-state index in [4.69, 9.17) is 9.47 Å². The molecule has 0 aromatic heterocycles. The van der Waals surface area contributed by atoms with E-state index in [1.165, 1.54) is 6.07 Å². The number of rotatable bonds is 4. The molecule has 2 aliphatic heterocycles. The molecule has 0 N–H and O–H groups in total. The van der Waals surface area contributed by atoms with Crippen LogP contribution in [0, 0.1) is 23.0 Å². The van der Waals surface area contributed by atoms with Crippen molar-refractivity contribution in [3.05, 3.63) is 46.7 Å². The fourth-order valence-electron chi connectivity index (χ4n) is 4.86. The Morgan fingerprint density at radius 2 is 2.03 bits per heavy atom. The number of hydrogen-bond acceptors (Lipinski definition) is 5. The lowest BCUT2D eigenvalue weighted by atomic mass is 9.67. The van der Waals surface area contributed by atoms with E-state index in [2.05, 4.69) is 4.99 Å². The molecule has 0 saturated carbocycles. The van der Waals surface area contributed by atoms with Crippen LogP contribution in [0.2, 0.25) is 0 Å². The Hall–Kier alpha value is -2.41. The first-order chi connectivity index (χ1) is 14.7. The van der Waals surface area contributed by atoms with Crippen molar-refractivity contribution >= 4 is 17.5 Å². The molecule has 1 fully saturated rings. The summed E-state index contributed by atoms with van der Waals surface area (Å²) in [5.74, 6) is -4.29. The summed E-state index contributed by atoms with van der Waals surface area (Å²) in [6.07, 6.45) is 2.48. The third kappa shape index (κ3) is 4.33. The summed E-state index contributed by atoms with van der Waals surface area (Å²) < 4.78 is 38.8. The molecule has 2 heterocycles. The third-order valence-corrected chi connectivity index (χ3v) is 6.29. The molecule has 1 aromatic rings. The zero-order valence-electron chi connectivity index (χ0n) is 18.0. The largest absolute Gasteiger partial charge is 0.462 e. The summed E-state index contributed by atoms with van der Waals surface area (Å²) in [6, 6.07) is 3.52. The maximum Gasteiger partial charge on any atom is 0.315 e. The van der Waals surface area contributed by atoms with Crippen LogP contribution in [0.4, 0.5) is 8.78 Å². The average molecular weight is 431 g/mol. The molecular formula is C24H27F2NO4. The lowest BCUT2D eigenvalue weighted by Crippen LogP contribution is -2.40. The van der Waals surface area contributed by atoms with E-state index >= 15 is 0 Å². The lowest BCUT2D eigenvalue weighted by Gasteiger charge is -2.39. The van der Waals surface area contributed by atoms with Gasteiger partial charge in [-0.1, -0.05) is 19.9 Å². The first-order valence-electron chi connectivity index (χ1n) is 10.7. The monoisotopic (exact) mass is 431 g/mol. The summed E-state index contributed by atoms with van der Waals surface area (Å²) in [6.45, 7) is 6.48. The van der Waals surface area contributed by atoms with Gasteiger partial charge in [0.15, 0.2) is 17.4 Å². The van der Waals surface area contributed by atoms with E-state index in [-0.39, 0.29) is 23.9 Å². The number of ketones is 1. The number of carbonyl (C=O) groups excluding carboxylic acids is 2. The zero-order valence-corrected chi connectivity index (χ0v) is 18.0. The summed E-state index contributed by atoms with van der Waals surface area (Å²) >= 11 is 0. The van der Waals surface area contributed by atoms with Crippen LogP contribution < -0.4 is 0 Å². The number of aliphatic imine (C=N–C) groups is 1. The van der Waals surface area contributed by atoms with Crippen LogP contribution >= 0.6 is 0 Å². The Morgan fingerprint density at radius 3 is 2.71 bits per heavy atom. The van der Waals surface area contributed by atoms with Crippen LogP contribution in [0.15, 0.2) is 34.5 Å². The van der Waals surface area contributed by atoms with Gasteiger partial charge in [-0.05, 0) is 49.3 Å². The van der Waals surface area contributed by atoms with Gasteiger partial charge in [-0.15, -0.1) is 0 Å². The molecule has 0 amide bonds. The zero-order chi connectivity index (χ0) is 22.3. The van der Waals surface area contributed by atoms with Crippen molar-refractivity contribution in [1.29, 1.82) is 0 Å². The van der Waals surface area contributed by atoms with Gasteiger partial charge in [0.05, 0.1) is 6.10 Å². The Balaban J connectivity index is 1.73. The fourth-order valence-corrected chi connectivity index (χ4v) is 4.86. The number of ether oxygens (including phenoxy) is 2. The summed E-state index contributed by atoms with van der Waals surface area (Å²) in [4.78, 5) is 30.9. The van der Waals surface area contributed by atoms with E-state index < -0.39 is 29.4 Å². The second-order valence-corrected chi connectivity index (χ2v) is 9.45. The summed E-state index contributed by atoms with van der Waals surface area (Å²) in [5.41, 5.74) is 1.65. The molecule has 1 aliphatic carbocycles. The molecule has 0 radical (unpaired) electrons. The second kappa shape index (κ2) is 8.26. The van der Waals surface area contributed by atoms with Crippen molar-refractivity contribution in [3.8, 4) is 0 Å². The molecule has 5 nitrogen and oxygen atoms in total. The number of esters is 1. The molecule has 3 atom stereocenters. The van der Waals surface area contributed by atoms with E-state index in [1.807, 2.05) is 13.8 Å². The van der Waals surface area contributed by atoms with Gasteiger partial charge in [0.2, 0.25) is 0 Å². The molecule has 1 aromatic carbocycles. The van der Waals surface area contributed by atoms with Crippen molar-refractivity contribution in [3.63, 3.8) is 0 Å². The molecule has 3 aliphatic rings. The van der Waals surface area contributed by atoms with Crippen molar-refractivity contribution in [2.75, 3.05) is 13.2 Å². The second-order valence-electron chi connectivity index (χ2n) is 9.45. The van der Waals surface area contributed by atoms with Gasteiger partial charge in [0.25, 0.3) is 0 Å². The highest BCUT2D eigenvalue weighted by atomic mass is 19.2. The van der Waals surface area contributed by atoms with E-state index in [0.29, 0.717) is 42.0 Å². The van der Waals surface area contributed by atoms with E-state index in [0.717, 1.165) is 25.0 Å². The number of hydrogen-bond donors (Lipinski definition) is 0. The van der Waals surface area contributed by atoms with Crippen LogP contribution in [-0.4, -0.2) is 36.8 Å². The Bertz CT molecular complexity index is 976. The highest BCUT2D eigenvalue weighted by Gasteiger charge is 2.46. The van der Waals surface area contributed by atoms with Crippen molar-refractivity contribution in [2.24, 2.45) is 16.3 Å². The molecule has 31 heavy (non-hydrogen) atoms. The summed E-state index contributed by atoms with van der Waals surface area (Å²) in [5, 5.41) is 0. The molecule has 0 spiro atoms. The summed E-state index contributed by atoms with van der Waals surface area (Å²) in [7, 11) is 0. The quantitative estimate of drug-likeness (QED) is 0.659. The maximum atomic E-state index is 14.1. The van der Waals surface area contributed by atoms with Crippen molar-refractivity contribution in [1.82, 2.24) is 0 Å². The molecular weight excluding hydrogens is 404 g/mol. The van der Waals surface area contributed by atoms with Crippen LogP contribution in [0.3, 0.4) is 0 Å². The average Bonchev–Trinajstić information content (AvgIpc) is 3.20. The Morgan fingerprint density at radius 1 is 1.26 bits per heavy atom. The third-order valence-electron chi connectivity index (χ3n) is 6.29. The number of nitrogens with zero attached hydrogens (tertiary/aromatic N) is 1. The van der Waals surface area contributed by atoms with Crippen molar-refractivity contribution < 1.29 is 27.8 Å². The van der Waals surface area contributed by atoms with Gasteiger partial charge in [-0.2, -0.15) is 0 Å². The number of carbonyl (C=O) groups is 2. The molecule has 166 valence electrons. The molecule has 1 saturated heterocycles. The predicted octanol–water partition coefficient (Wildman–Crippen LogP) is 4.50. The van der Waals surface area contributed by atoms with Gasteiger partial charge < -0.3 is 9.47 Å². The minimum Gasteiger partial charge on any atom is -0.462 e. The van der Waals surface area contributed by atoms with Gasteiger partial charge >= 0.3 is 5.97 Å². The molecule has 0 bridgehead atoms. The Labute approximate surface area is 180 Å². The maximum absolute atomic E-state index is 14.1. The van der Waals surface area contributed by atoms with Crippen LogP contribution in [0.25, 0.3) is 0 Å². The SMILES string of the molecule is CC1=NC2=C(C(=O)CC(C)(C)C2)[C@@H](c2ccc(F)c(F)c2)C1C(=O)OC[C@@H]1CCCO1. The van der Waals surface area contributed by atoms with Gasteiger partial charge in [0, 0.05) is 35.9 Å². The smallest absolute Gasteiger partial charge is 0.315 e. The van der Waals surface area contributed by atoms with Gasteiger partial charge in [-0.25, -0.2) is 8.78 Å². The fraction of sp³-hybridized carbons (Fsp3) is 0.542. The topological polar surface area (TPSA) is 65.0 Å². The Kier molecular flexibility index (Phi) is 5.81. The first kappa shape index (κ1) is 21.8. The van der Waals surface area contributed by atoms with E-state index in [9.17, 15) is 18.4 Å². The van der Waals surface area contributed by atoms with Crippen LogP contribution in [0.1, 0.15) is 57.9 Å². The number of Topliss-reactive ketones (excluding diaryl/α,β-unsaturated/α-hetero) is 1.